The third-order valence-electron chi connectivity index (χ3n) is 4.13. The minimum atomic E-state index is -0.512. The van der Waals surface area contributed by atoms with Gasteiger partial charge in [-0.05, 0) is 24.3 Å². The van der Waals surface area contributed by atoms with Gasteiger partial charge in [-0.25, -0.2) is 0 Å². The van der Waals surface area contributed by atoms with Gasteiger partial charge in [-0.2, -0.15) is 0 Å². The molecule has 0 radical (unpaired) electrons. The number of carbonyl (C=O) groups excluding carboxylic acids is 1. The van der Waals surface area contributed by atoms with Crippen molar-refractivity contribution in [2.75, 3.05) is 6.54 Å². The number of aliphatic hydroxyl groups excluding tert-OH is 1. The Morgan fingerprint density at radius 3 is 2.80 bits per heavy atom. The van der Waals surface area contributed by atoms with Gasteiger partial charge in [0, 0.05) is 18.9 Å². The maximum atomic E-state index is 12.1. The molecule has 3 atom stereocenters. The van der Waals surface area contributed by atoms with Gasteiger partial charge in [-0.15, -0.1) is 0 Å². The maximum absolute atomic E-state index is 12.1. The van der Waals surface area contributed by atoms with Gasteiger partial charge >= 0.3 is 0 Å². The van der Waals surface area contributed by atoms with Gasteiger partial charge in [0.15, 0.2) is 0 Å². The third-order valence-corrected chi connectivity index (χ3v) is 4.13. The zero-order valence-corrected chi connectivity index (χ0v) is 12.2. The lowest BCUT2D eigenvalue weighted by Crippen LogP contribution is -2.38. The summed E-state index contributed by atoms with van der Waals surface area (Å²) in [6, 6.07) is 9.87. The van der Waals surface area contributed by atoms with Crippen molar-refractivity contribution in [3.05, 3.63) is 35.9 Å². The lowest BCUT2D eigenvalue weighted by Gasteiger charge is -2.26. The zero-order chi connectivity index (χ0) is 14.4. The van der Waals surface area contributed by atoms with E-state index in [1.165, 1.54) is 6.42 Å². The molecule has 110 valence electrons. The van der Waals surface area contributed by atoms with E-state index in [2.05, 4.69) is 12.2 Å². The van der Waals surface area contributed by atoms with Gasteiger partial charge in [0.25, 0.3) is 0 Å². The fourth-order valence-electron chi connectivity index (χ4n) is 2.99. The first kappa shape index (κ1) is 15.0. The summed E-state index contributed by atoms with van der Waals surface area (Å²) in [5.74, 6) is 0.903. The second kappa shape index (κ2) is 7.44. The normalized spacial score (nSPS) is 24.1. The van der Waals surface area contributed by atoms with Crippen molar-refractivity contribution in [2.24, 2.45) is 11.8 Å². The molecule has 1 aromatic carbocycles. The van der Waals surface area contributed by atoms with Crippen LogP contribution in [0.25, 0.3) is 0 Å². The molecule has 1 aliphatic carbocycles. The first-order valence-corrected chi connectivity index (χ1v) is 7.65. The van der Waals surface area contributed by atoms with Crippen LogP contribution in [0.1, 0.15) is 38.2 Å². The summed E-state index contributed by atoms with van der Waals surface area (Å²) in [7, 11) is 0. The van der Waals surface area contributed by atoms with Crippen molar-refractivity contribution in [1.29, 1.82) is 0 Å². The van der Waals surface area contributed by atoms with Crippen LogP contribution in [0.2, 0.25) is 0 Å². The molecule has 2 rings (SSSR count). The Morgan fingerprint density at radius 1 is 1.35 bits per heavy atom. The fraction of sp³-hybridized carbons (Fsp3) is 0.588. The van der Waals surface area contributed by atoms with Crippen molar-refractivity contribution >= 4 is 5.91 Å². The summed E-state index contributed by atoms with van der Waals surface area (Å²) in [5, 5.41) is 12.9. The second-order valence-corrected chi connectivity index (χ2v) is 6.06. The zero-order valence-electron chi connectivity index (χ0n) is 12.2. The van der Waals surface area contributed by atoms with Crippen LogP contribution in [0.4, 0.5) is 0 Å². The van der Waals surface area contributed by atoms with Gasteiger partial charge in [0.05, 0.1) is 6.10 Å². The molecule has 1 amide bonds. The van der Waals surface area contributed by atoms with Crippen molar-refractivity contribution in [3.8, 4) is 0 Å². The molecule has 1 saturated carbocycles. The largest absolute Gasteiger partial charge is 0.391 e. The highest BCUT2D eigenvalue weighted by molar-refractivity contribution is 5.78. The van der Waals surface area contributed by atoms with Gasteiger partial charge in [0.2, 0.25) is 5.91 Å². The van der Waals surface area contributed by atoms with E-state index >= 15 is 0 Å². The number of hydrogen-bond donors (Lipinski definition) is 2. The topological polar surface area (TPSA) is 49.3 Å². The Morgan fingerprint density at radius 2 is 2.10 bits per heavy atom. The number of nitrogens with one attached hydrogen (secondary N) is 1. The van der Waals surface area contributed by atoms with Gasteiger partial charge in [-0.3, -0.25) is 4.79 Å². The molecule has 0 heterocycles. The molecule has 3 heteroatoms. The number of hydrogen-bond acceptors (Lipinski definition) is 2. The van der Waals surface area contributed by atoms with Crippen LogP contribution in [-0.2, 0) is 11.2 Å². The lowest BCUT2D eigenvalue weighted by atomic mass is 9.82. The van der Waals surface area contributed by atoms with E-state index in [4.69, 9.17) is 0 Å². The van der Waals surface area contributed by atoms with Crippen LogP contribution in [0.15, 0.2) is 30.3 Å². The molecule has 0 spiro atoms. The maximum Gasteiger partial charge on any atom is 0.223 e. The van der Waals surface area contributed by atoms with Crippen LogP contribution >= 0.6 is 0 Å². The van der Waals surface area contributed by atoms with Crippen molar-refractivity contribution in [3.63, 3.8) is 0 Å². The minimum absolute atomic E-state index is 0.115. The van der Waals surface area contributed by atoms with E-state index in [1.54, 1.807) is 0 Å². The minimum Gasteiger partial charge on any atom is -0.391 e. The molecular formula is C17H25NO2. The number of benzene rings is 1. The van der Waals surface area contributed by atoms with E-state index in [1.807, 2.05) is 30.3 Å². The summed E-state index contributed by atoms with van der Waals surface area (Å²) >= 11 is 0. The Kier molecular flexibility index (Phi) is 5.60. The monoisotopic (exact) mass is 275 g/mol. The first-order chi connectivity index (χ1) is 9.65. The Balaban J connectivity index is 1.72. The van der Waals surface area contributed by atoms with Crippen molar-refractivity contribution < 1.29 is 9.90 Å². The molecule has 0 aromatic heterocycles. The molecule has 2 N–H and O–H groups in total. The number of aliphatic hydroxyl groups is 1. The molecule has 0 bridgehead atoms. The van der Waals surface area contributed by atoms with Crippen LogP contribution in [0.3, 0.4) is 0 Å². The summed E-state index contributed by atoms with van der Waals surface area (Å²) in [6.07, 6.45) is 4.43. The average molecular weight is 275 g/mol. The molecule has 1 aliphatic rings. The fourth-order valence-corrected chi connectivity index (χ4v) is 2.99. The van der Waals surface area contributed by atoms with E-state index in [0.29, 0.717) is 18.9 Å². The Labute approximate surface area is 121 Å². The highest BCUT2D eigenvalue weighted by Gasteiger charge is 2.25. The van der Waals surface area contributed by atoms with Crippen molar-refractivity contribution in [2.45, 2.75) is 45.1 Å². The predicted molar refractivity (Wildman–Crippen MR) is 80.3 cm³/mol. The molecule has 1 aromatic rings. The molecule has 20 heavy (non-hydrogen) atoms. The summed E-state index contributed by atoms with van der Waals surface area (Å²) in [5.41, 5.74) is 1.10. The van der Waals surface area contributed by atoms with Gasteiger partial charge < -0.3 is 10.4 Å². The smallest absolute Gasteiger partial charge is 0.223 e. The average Bonchev–Trinajstić information content (AvgIpc) is 2.46. The Hall–Kier alpha value is -1.35. The highest BCUT2D eigenvalue weighted by atomic mass is 16.3. The standard InChI is InChI=1S/C17H25NO2/c1-13-6-5-9-15(10-13)17(20)18-12-16(19)11-14-7-3-2-4-8-14/h2-4,7-8,13,15-16,19H,5-6,9-12H2,1H3,(H,18,20). The first-order valence-electron chi connectivity index (χ1n) is 7.65. The third kappa shape index (κ3) is 4.64. The van der Waals surface area contributed by atoms with Crippen LogP contribution in [-0.4, -0.2) is 23.7 Å². The lowest BCUT2D eigenvalue weighted by molar-refractivity contribution is -0.126. The summed E-state index contributed by atoms with van der Waals surface area (Å²) in [4.78, 5) is 12.1. The van der Waals surface area contributed by atoms with Crippen molar-refractivity contribution in [1.82, 2.24) is 5.32 Å². The highest BCUT2D eigenvalue weighted by Crippen LogP contribution is 2.28. The van der Waals surface area contributed by atoms with Gasteiger partial charge in [-0.1, -0.05) is 50.1 Å². The van der Waals surface area contributed by atoms with Crippen LogP contribution < -0.4 is 5.32 Å². The van der Waals surface area contributed by atoms with Crippen LogP contribution in [0.5, 0.6) is 0 Å². The molecule has 3 nitrogen and oxygen atoms in total. The van der Waals surface area contributed by atoms with E-state index in [0.717, 1.165) is 24.8 Å². The number of rotatable bonds is 5. The SMILES string of the molecule is CC1CCCC(C(=O)NCC(O)Cc2ccccc2)C1. The van der Waals surface area contributed by atoms with E-state index in [9.17, 15) is 9.90 Å². The summed E-state index contributed by atoms with van der Waals surface area (Å²) < 4.78 is 0. The molecule has 0 aliphatic heterocycles. The Bertz CT molecular complexity index is 418. The second-order valence-electron chi connectivity index (χ2n) is 6.06. The number of carbonyl (C=O) groups is 1. The van der Waals surface area contributed by atoms with E-state index < -0.39 is 6.10 Å². The number of amides is 1. The predicted octanol–water partition coefficient (Wildman–Crippen LogP) is 2.53. The summed E-state index contributed by atoms with van der Waals surface area (Å²) in [6.45, 7) is 2.56. The molecular weight excluding hydrogens is 250 g/mol. The van der Waals surface area contributed by atoms with Crippen LogP contribution in [0, 0.1) is 11.8 Å². The quantitative estimate of drug-likeness (QED) is 0.867. The molecule has 3 unspecified atom stereocenters. The molecule has 0 saturated heterocycles. The molecule has 1 fully saturated rings. The van der Waals surface area contributed by atoms with Gasteiger partial charge in [0.1, 0.15) is 0 Å². The van der Waals surface area contributed by atoms with E-state index in [-0.39, 0.29) is 11.8 Å².